The van der Waals surface area contributed by atoms with E-state index < -0.39 is 0 Å². The predicted molar refractivity (Wildman–Crippen MR) is 68.8 cm³/mol. The highest BCUT2D eigenvalue weighted by atomic mass is 15.2. The molecule has 0 atom stereocenters. The minimum absolute atomic E-state index is 0.618. The third kappa shape index (κ3) is 2.18. The Morgan fingerprint density at radius 1 is 1.18 bits per heavy atom. The van der Waals surface area contributed by atoms with E-state index in [4.69, 9.17) is 5.73 Å². The van der Waals surface area contributed by atoms with Crippen LogP contribution in [0.3, 0.4) is 0 Å². The molecular formula is C14H17N3. The molecule has 3 nitrogen and oxygen atoms in total. The number of imidazole rings is 1. The molecule has 0 unspecified atom stereocenters. The predicted octanol–water partition coefficient (Wildman–Crippen LogP) is 2.59. The summed E-state index contributed by atoms with van der Waals surface area (Å²) in [6, 6.07) is 11.1. The van der Waals surface area contributed by atoms with Gasteiger partial charge in [0.05, 0.1) is 12.0 Å². The molecule has 0 radical (unpaired) electrons. The number of anilines is 1. The minimum Gasteiger partial charge on any atom is -0.384 e. The highest BCUT2D eigenvalue weighted by molar-refractivity contribution is 5.37. The molecule has 0 aliphatic heterocycles. The summed E-state index contributed by atoms with van der Waals surface area (Å²) in [7, 11) is 0. The third-order valence-corrected chi connectivity index (χ3v) is 3.35. The van der Waals surface area contributed by atoms with Gasteiger partial charge in [-0.15, -0.1) is 0 Å². The molecule has 1 fully saturated rings. The average Bonchev–Trinajstić information content (AvgIpc) is 3.13. The van der Waals surface area contributed by atoms with E-state index in [1.807, 2.05) is 12.4 Å². The SMILES string of the molecule is Nc1c(CCc2ccccc2)ncn1C1CC1. The molecule has 17 heavy (non-hydrogen) atoms. The lowest BCUT2D eigenvalue weighted by Gasteiger charge is -2.03. The summed E-state index contributed by atoms with van der Waals surface area (Å²) in [6.07, 6.45) is 6.33. The molecule has 3 heteroatoms. The Kier molecular flexibility index (Phi) is 2.59. The number of aromatic nitrogens is 2. The normalized spacial score (nSPS) is 15.1. The summed E-state index contributed by atoms with van der Waals surface area (Å²) < 4.78 is 2.13. The van der Waals surface area contributed by atoms with Crippen LogP contribution in [0.1, 0.15) is 30.1 Å². The lowest BCUT2D eigenvalue weighted by Crippen LogP contribution is -2.02. The van der Waals surface area contributed by atoms with Gasteiger partial charge in [0.15, 0.2) is 0 Å². The van der Waals surface area contributed by atoms with Crippen molar-refractivity contribution in [1.29, 1.82) is 0 Å². The van der Waals surface area contributed by atoms with Crippen LogP contribution in [-0.4, -0.2) is 9.55 Å². The van der Waals surface area contributed by atoms with E-state index in [9.17, 15) is 0 Å². The number of nitrogens with zero attached hydrogens (tertiary/aromatic N) is 2. The fourth-order valence-corrected chi connectivity index (χ4v) is 2.15. The zero-order chi connectivity index (χ0) is 11.7. The quantitative estimate of drug-likeness (QED) is 0.872. The molecule has 0 amide bonds. The molecule has 1 aliphatic rings. The molecule has 0 saturated heterocycles. The van der Waals surface area contributed by atoms with E-state index in [1.54, 1.807) is 0 Å². The van der Waals surface area contributed by atoms with Crippen molar-refractivity contribution in [2.24, 2.45) is 0 Å². The average molecular weight is 227 g/mol. The fraction of sp³-hybridized carbons (Fsp3) is 0.357. The number of nitrogen functional groups attached to an aromatic ring is 1. The molecule has 3 rings (SSSR count). The monoisotopic (exact) mass is 227 g/mol. The van der Waals surface area contributed by atoms with Crippen molar-refractivity contribution >= 4 is 5.82 Å². The van der Waals surface area contributed by atoms with Crippen LogP contribution in [0.25, 0.3) is 0 Å². The van der Waals surface area contributed by atoms with E-state index in [1.165, 1.54) is 18.4 Å². The van der Waals surface area contributed by atoms with Crippen LogP contribution in [0.2, 0.25) is 0 Å². The number of hydrogen-bond donors (Lipinski definition) is 1. The van der Waals surface area contributed by atoms with Gasteiger partial charge in [-0.25, -0.2) is 4.98 Å². The highest BCUT2D eigenvalue weighted by Gasteiger charge is 2.25. The molecule has 1 aromatic heterocycles. The summed E-state index contributed by atoms with van der Waals surface area (Å²) in [5, 5.41) is 0. The van der Waals surface area contributed by atoms with Crippen molar-refractivity contribution in [3.63, 3.8) is 0 Å². The summed E-state index contributed by atoms with van der Waals surface area (Å²) in [5.41, 5.74) is 8.49. The van der Waals surface area contributed by atoms with E-state index in [0.717, 1.165) is 24.4 Å². The third-order valence-electron chi connectivity index (χ3n) is 3.35. The summed E-state index contributed by atoms with van der Waals surface area (Å²) >= 11 is 0. The maximum Gasteiger partial charge on any atom is 0.126 e. The van der Waals surface area contributed by atoms with E-state index >= 15 is 0 Å². The summed E-state index contributed by atoms with van der Waals surface area (Å²) in [6.45, 7) is 0. The summed E-state index contributed by atoms with van der Waals surface area (Å²) in [5.74, 6) is 0.864. The Morgan fingerprint density at radius 2 is 1.94 bits per heavy atom. The first kappa shape index (κ1) is 10.4. The second-order valence-electron chi connectivity index (χ2n) is 4.70. The largest absolute Gasteiger partial charge is 0.384 e. The molecule has 1 heterocycles. The number of nitrogens with two attached hydrogens (primary N) is 1. The first-order chi connectivity index (χ1) is 8.34. The Bertz CT molecular complexity index is 497. The molecule has 88 valence electrons. The van der Waals surface area contributed by atoms with Crippen LogP contribution in [0.15, 0.2) is 36.7 Å². The van der Waals surface area contributed by atoms with Crippen LogP contribution in [0.4, 0.5) is 5.82 Å². The second-order valence-corrected chi connectivity index (χ2v) is 4.70. The highest BCUT2D eigenvalue weighted by Crippen LogP contribution is 2.37. The fourth-order valence-electron chi connectivity index (χ4n) is 2.15. The number of aryl methyl sites for hydroxylation is 2. The number of hydrogen-bond acceptors (Lipinski definition) is 2. The first-order valence-electron chi connectivity index (χ1n) is 6.19. The molecule has 1 aromatic carbocycles. The van der Waals surface area contributed by atoms with E-state index in [-0.39, 0.29) is 0 Å². The van der Waals surface area contributed by atoms with Crippen LogP contribution in [0.5, 0.6) is 0 Å². The molecular weight excluding hydrogens is 210 g/mol. The van der Waals surface area contributed by atoms with Crippen LogP contribution < -0.4 is 5.73 Å². The van der Waals surface area contributed by atoms with Crippen molar-refractivity contribution in [2.75, 3.05) is 5.73 Å². The van der Waals surface area contributed by atoms with Gasteiger partial charge in [0.25, 0.3) is 0 Å². The van der Waals surface area contributed by atoms with Gasteiger partial charge >= 0.3 is 0 Å². The van der Waals surface area contributed by atoms with E-state index in [2.05, 4.69) is 33.8 Å². The summed E-state index contributed by atoms with van der Waals surface area (Å²) in [4.78, 5) is 4.43. The second kappa shape index (κ2) is 4.24. The topological polar surface area (TPSA) is 43.8 Å². The lowest BCUT2D eigenvalue weighted by molar-refractivity contribution is 0.750. The van der Waals surface area contributed by atoms with Gasteiger partial charge in [0.2, 0.25) is 0 Å². The maximum absolute atomic E-state index is 6.11. The van der Waals surface area contributed by atoms with Crippen molar-refractivity contribution in [2.45, 2.75) is 31.7 Å². The van der Waals surface area contributed by atoms with Gasteiger partial charge in [-0.2, -0.15) is 0 Å². The van der Waals surface area contributed by atoms with Crippen LogP contribution in [0, 0.1) is 0 Å². The van der Waals surface area contributed by atoms with Crippen LogP contribution >= 0.6 is 0 Å². The van der Waals surface area contributed by atoms with Gasteiger partial charge < -0.3 is 10.3 Å². The molecule has 2 aromatic rings. The van der Waals surface area contributed by atoms with Gasteiger partial charge in [0, 0.05) is 6.04 Å². The van der Waals surface area contributed by atoms with Crippen molar-refractivity contribution in [3.05, 3.63) is 47.9 Å². The molecule has 0 spiro atoms. The zero-order valence-corrected chi connectivity index (χ0v) is 9.84. The van der Waals surface area contributed by atoms with Crippen molar-refractivity contribution in [3.8, 4) is 0 Å². The van der Waals surface area contributed by atoms with Crippen LogP contribution in [-0.2, 0) is 12.8 Å². The Morgan fingerprint density at radius 3 is 2.65 bits per heavy atom. The zero-order valence-electron chi connectivity index (χ0n) is 9.84. The first-order valence-corrected chi connectivity index (χ1v) is 6.19. The minimum atomic E-state index is 0.618. The van der Waals surface area contributed by atoms with Gasteiger partial charge in [-0.05, 0) is 31.2 Å². The standard InChI is InChI=1S/C14H17N3/c15-14-13(16-10-17(14)12-7-8-12)9-6-11-4-2-1-3-5-11/h1-5,10,12H,6-9,15H2. The molecule has 1 saturated carbocycles. The smallest absolute Gasteiger partial charge is 0.126 e. The molecule has 1 aliphatic carbocycles. The Labute approximate surface area is 101 Å². The number of rotatable bonds is 4. The van der Waals surface area contributed by atoms with Crippen molar-refractivity contribution < 1.29 is 0 Å². The molecule has 0 bridgehead atoms. The van der Waals surface area contributed by atoms with Crippen molar-refractivity contribution in [1.82, 2.24) is 9.55 Å². The Hall–Kier alpha value is -1.77. The van der Waals surface area contributed by atoms with Gasteiger partial charge in [0.1, 0.15) is 5.82 Å². The van der Waals surface area contributed by atoms with Gasteiger partial charge in [-0.1, -0.05) is 30.3 Å². The lowest BCUT2D eigenvalue weighted by atomic mass is 10.1. The van der Waals surface area contributed by atoms with Gasteiger partial charge in [-0.3, -0.25) is 0 Å². The molecule has 2 N–H and O–H groups in total. The Balaban J connectivity index is 1.69. The van der Waals surface area contributed by atoms with E-state index in [0.29, 0.717) is 6.04 Å². The maximum atomic E-state index is 6.11. The number of benzene rings is 1.